The number of nitrogens with one attached hydrogen (secondary N) is 1. The smallest absolute Gasteiger partial charge is 0.356 e. The van der Waals surface area contributed by atoms with Crippen LogP contribution in [0.25, 0.3) is 0 Å². The average Bonchev–Trinajstić information content (AvgIpc) is 2.60. The maximum atomic E-state index is 13.1. The second-order valence-corrected chi connectivity index (χ2v) is 6.38. The second kappa shape index (κ2) is 7.57. The quantitative estimate of drug-likeness (QED) is 0.867. The van der Waals surface area contributed by atoms with Crippen molar-refractivity contribution in [3.05, 3.63) is 53.2 Å². The maximum Gasteiger partial charge on any atom is 0.356 e. The van der Waals surface area contributed by atoms with Gasteiger partial charge in [0, 0.05) is 12.5 Å². The van der Waals surface area contributed by atoms with Crippen LogP contribution in [-0.2, 0) is 6.42 Å². The molecule has 1 aromatic heterocycles. The molecule has 0 unspecified atom stereocenters. The molecule has 0 saturated carbocycles. The van der Waals surface area contributed by atoms with E-state index < -0.39 is 5.97 Å². The van der Waals surface area contributed by atoms with E-state index in [1.807, 2.05) is 0 Å². The molecule has 2 N–H and O–H groups in total. The first-order chi connectivity index (χ1) is 12.0. The topological polar surface area (TPSA) is 78.4 Å². The SMILES string of the molecule is CN1CCC(Nc2ncc(C(=O)O)nc2Cc2ccc(F)cc2)CC1. The Hall–Kier alpha value is -2.54. The molecule has 6 nitrogen and oxygen atoms in total. The molecule has 132 valence electrons. The Morgan fingerprint density at radius 1 is 1.32 bits per heavy atom. The first kappa shape index (κ1) is 17.3. The third-order valence-corrected chi connectivity index (χ3v) is 4.41. The minimum atomic E-state index is -1.11. The minimum Gasteiger partial charge on any atom is -0.476 e. The summed E-state index contributed by atoms with van der Waals surface area (Å²) in [5.41, 5.74) is 1.32. The summed E-state index contributed by atoms with van der Waals surface area (Å²) in [6.07, 6.45) is 3.65. The van der Waals surface area contributed by atoms with E-state index in [0.717, 1.165) is 31.5 Å². The highest BCUT2D eigenvalue weighted by atomic mass is 19.1. The van der Waals surface area contributed by atoms with Crippen molar-refractivity contribution in [2.24, 2.45) is 0 Å². The van der Waals surface area contributed by atoms with Crippen LogP contribution in [0.4, 0.5) is 10.2 Å². The minimum absolute atomic E-state index is 0.0916. The van der Waals surface area contributed by atoms with Crippen LogP contribution in [0.1, 0.15) is 34.6 Å². The van der Waals surface area contributed by atoms with Gasteiger partial charge in [-0.05, 0) is 50.7 Å². The molecular weight excluding hydrogens is 323 g/mol. The molecule has 1 fully saturated rings. The highest BCUT2D eigenvalue weighted by molar-refractivity contribution is 5.85. The van der Waals surface area contributed by atoms with Crippen LogP contribution >= 0.6 is 0 Å². The largest absolute Gasteiger partial charge is 0.476 e. The van der Waals surface area contributed by atoms with E-state index in [0.29, 0.717) is 17.9 Å². The number of carboxylic acids is 1. The molecule has 1 aliphatic heterocycles. The predicted molar refractivity (Wildman–Crippen MR) is 92.3 cm³/mol. The average molecular weight is 344 g/mol. The normalized spacial score (nSPS) is 15.9. The molecule has 2 aromatic rings. The Balaban J connectivity index is 1.83. The first-order valence-corrected chi connectivity index (χ1v) is 8.30. The van der Waals surface area contributed by atoms with E-state index in [1.165, 1.54) is 18.3 Å². The third-order valence-electron chi connectivity index (χ3n) is 4.41. The summed E-state index contributed by atoms with van der Waals surface area (Å²) in [5, 5.41) is 12.6. The van der Waals surface area contributed by atoms with Gasteiger partial charge in [-0.1, -0.05) is 12.1 Å². The van der Waals surface area contributed by atoms with Crippen molar-refractivity contribution in [2.45, 2.75) is 25.3 Å². The number of hydrogen-bond donors (Lipinski definition) is 2. The van der Waals surface area contributed by atoms with Crippen molar-refractivity contribution < 1.29 is 14.3 Å². The number of carboxylic acid groups (broad SMARTS) is 1. The summed E-state index contributed by atoms with van der Waals surface area (Å²) in [6.45, 7) is 2.01. The van der Waals surface area contributed by atoms with Gasteiger partial charge < -0.3 is 15.3 Å². The van der Waals surface area contributed by atoms with Gasteiger partial charge in [0.15, 0.2) is 5.69 Å². The van der Waals surface area contributed by atoms with Gasteiger partial charge in [0.2, 0.25) is 0 Å². The molecular formula is C18H21FN4O2. The maximum absolute atomic E-state index is 13.1. The molecule has 3 rings (SSSR count). The molecule has 1 aromatic carbocycles. The first-order valence-electron chi connectivity index (χ1n) is 8.30. The molecule has 0 aliphatic carbocycles. The lowest BCUT2D eigenvalue weighted by Gasteiger charge is -2.30. The summed E-state index contributed by atoms with van der Waals surface area (Å²) in [6, 6.07) is 6.39. The Labute approximate surface area is 145 Å². The molecule has 0 atom stereocenters. The van der Waals surface area contributed by atoms with E-state index in [1.54, 1.807) is 12.1 Å². The van der Waals surface area contributed by atoms with Gasteiger partial charge in [-0.2, -0.15) is 0 Å². The summed E-state index contributed by atoms with van der Waals surface area (Å²) >= 11 is 0. The summed E-state index contributed by atoms with van der Waals surface area (Å²) in [4.78, 5) is 22.0. The van der Waals surface area contributed by atoms with Gasteiger partial charge >= 0.3 is 5.97 Å². The molecule has 7 heteroatoms. The standard InChI is InChI=1S/C18H21FN4O2/c1-23-8-6-14(7-9-23)21-17-15(22-16(11-20-17)18(24)25)10-12-2-4-13(19)5-3-12/h2-5,11,14H,6-10H2,1H3,(H,20,21)(H,24,25). The van der Waals surface area contributed by atoms with Crippen molar-refractivity contribution in [1.29, 1.82) is 0 Å². The van der Waals surface area contributed by atoms with Crippen LogP contribution in [0.3, 0.4) is 0 Å². The molecule has 1 saturated heterocycles. The van der Waals surface area contributed by atoms with Crippen LogP contribution in [0.2, 0.25) is 0 Å². The number of aromatic nitrogens is 2. The van der Waals surface area contributed by atoms with E-state index in [4.69, 9.17) is 0 Å². The van der Waals surface area contributed by atoms with Crippen LogP contribution < -0.4 is 5.32 Å². The van der Waals surface area contributed by atoms with E-state index in [2.05, 4.69) is 27.2 Å². The monoisotopic (exact) mass is 344 g/mol. The summed E-state index contributed by atoms with van der Waals surface area (Å²) in [5.74, 6) is -0.818. The zero-order valence-electron chi connectivity index (χ0n) is 14.1. The molecule has 25 heavy (non-hydrogen) atoms. The lowest BCUT2D eigenvalue weighted by molar-refractivity contribution is 0.0689. The van der Waals surface area contributed by atoms with Crippen molar-refractivity contribution in [2.75, 3.05) is 25.5 Å². The number of piperidine rings is 1. The van der Waals surface area contributed by atoms with Gasteiger partial charge in [0.25, 0.3) is 0 Å². The summed E-state index contributed by atoms with van der Waals surface area (Å²) < 4.78 is 13.1. The van der Waals surface area contributed by atoms with Crippen LogP contribution in [0.15, 0.2) is 30.5 Å². The Morgan fingerprint density at radius 3 is 2.64 bits per heavy atom. The highest BCUT2D eigenvalue weighted by Crippen LogP contribution is 2.20. The molecule has 1 aliphatic rings. The van der Waals surface area contributed by atoms with Crippen molar-refractivity contribution >= 4 is 11.8 Å². The lowest BCUT2D eigenvalue weighted by atomic mass is 10.0. The number of nitrogens with zero attached hydrogens (tertiary/aromatic N) is 3. The van der Waals surface area contributed by atoms with Gasteiger partial charge in [-0.25, -0.2) is 19.2 Å². The Bertz CT molecular complexity index is 743. The van der Waals surface area contributed by atoms with Crippen LogP contribution in [-0.4, -0.2) is 52.1 Å². The zero-order valence-corrected chi connectivity index (χ0v) is 14.1. The van der Waals surface area contributed by atoms with Crippen molar-refractivity contribution in [3.8, 4) is 0 Å². The lowest BCUT2D eigenvalue weighted by Crippen LogP contribution is -2.37. The van der Waals surface area contributed by atoms with E-state index >= 15 is 0 Å². The van der Waals surface area contributed by atoms with E-state index in [-0.39, 0.29) is 17.6 Å². The van der Waals surface area contributed by atoms with E-state index in [9.17, 15) is 14.3 Å². The fourth-order valence-corrected chi connectivity index (χ4v) is 2.92. The number of rotatable bonds is 5. The number of likely N-dealkylation sites (tertiary alicyclic amines) is 1. The molecule has 2 heterocycles. The molecule has 0 amide bonds. The second-order valence-electron chi connectivity index (χ2n) is 6.38. The number of carbonyl (C=O) groups is 1. The fourth-order valence-electron chi connectivity index (χ4n) is 2.92. The van der Waals surface area contributed by atoms with Gasteiger partial charge in [-0.3, -0.25) is 0 Å². The van der Waals surface area contributed by atoms with Crippen LogP contribution in [0.5, 0.6) is 0 Å². The number of benzene rings is 1. The van der Waals surface area contributed by atoms with Crippen molar-refractivity contribution in [1.82, 2.24) is 14.9 Å². The summed E-state index contributed by atoms with van der Waals surface area (Å²) in [7, 11) is 2.09. The van der Waals surface area contributed by atoms with Crippen LogP contribution in [0, 0.1) is 5.82 Å². The number of aromatic carboxylic acids is 1. The van der Waals surface area contributed by atoms with Gasteiger partial charge in [0.05, 0.1) is 11.9 Å². The molecule has 0 bridgehead atoms. The van der Waals surface area contributed by atoms with Crippen molar-refractivity contribution in [3.63, 3.8) is 0 Å². The Kier molecular flexibility index (Phi) is 5.23. The Morgan fingerprint density at radius 2 is 2.00 bits per heavy atom. The predicted octanol–water partition coefficient (Wildman–Crippen LogP) is 2.41. The van der Waals surface area contributed by atoms with Gasteiger partial charge in [0.1, 0.15) is 11.6 Å². The number of anilines is 1. The fraction of sp³-hybridized carbons (Fsp3) is 0.389. The highest BCUT2D eigenvalue weighted by Gasteiger charge is 2.19. The molecule has 0 spiro atoms. The third kappa shape index (κ3) is 4.51. The molecule has 0 radical (unpaired) electrons. The van der Waals surface area contributed by atoms with Gasteiger partial charge in [-0.15, -0.1) is 0 Å². The number of halogens is 1. The zero-order chi connectivity index (χ0) is 17.8. The number of hydrogen-bond acceptors (Lipinski definition) is 5.